The molecule has 0 saturated heterocycles. The van der Waals surface area contributed by atoms with Crippen molar-refractivity contribution in [2.45, 2.75) is 6.92 Å². The van der Waals surface area contributed by atoms with Crippen molar-refractivity contribution in [3.63, 3.8) is 0 Å². The largest absolute Gasteiger partial charge is 0.497 e. The molecule has 0 aliphatic heterocycles. The van der Waals surface area contributed by atoms with Gasteiger partial charge in [-0.25, -0.2) is 0 Å². The molecule has 2 aromatic carbocycles. The third-order valence-corrected chi connectivity index (χ3v) is 3.95. The lowest BCUT2D eigenvalue weighted by Gasteiger charge is -2.21. The molecule has 0 aromatic heterocycles. The van der Waals surface area contributed by atoms with E-state index in [-0.39, 0.29) is 11.8 Å². The number of nitrogens with one attached hydrogen (secondary N) is 1. The Bertz CT molecular complexity index is 734. The Morgan fingerprint density at radius 3 is 2.58 bits per heavy atom. The van der Waals surface area contributed by atoms with Crippen LogP contribution >= 0.6 is 15.9 Å². The Balaban J connectivity index is 1.97. The normalized spacial score (nSPS) is 10.1. The minimum Gasteiger partial charge on any atom is -0.497 e. The van der Waals surface area contributed by atoms with Gasteiger partial charge in [0.05, 0.1) is 7.11 Å². The molecule has 126 valence electrons. The molecule has 0 aliphatic rings. The van der Waals surface area contributed by atoms with Crippen molar-refractivity contribution in [1.29, 1.82) is 0 Å². The highest BCUT2D eigenvalue weighted by Gasteiger charge is 2.12. The predicted octanol–water partition coefficient (Wildman–Crippen LogP) is 3.24. The number of anilines is 1. The molecular weight excluding hydrogens is 372 g/mol. The van der Waals surface area contributed by atoms with Gasteiger partial charge in [-0.15, -0.1) is 0 Å². The van der Waals surface area contributed by atoms with Crippen molar-refractivity contribution in [3.05, 3.63) is 58.6 Å². The summed E-state index contributed by atoms with van der Waals surface area (Å²) >= 11 is 3.40. The molecule has 6 heteroatoms. The van der Waals surface area contributed by atoms with Gasteiger partial charge in [-0.1, -0.05) is 28.1 Å². The summed E-state index contributed by atoms with van der Waals surface area (Å²) in [6, 6.07) is 14.4. The highest BCUT2D eigenvalue weighted by Crippen LogP contribution is 2.20. The van der Waals surface area contributed by atoms with Gasteiger partial charge in [-0.05, 0) is 36.4 Å². The van der Waals surface area contributed by atoms with E-state index in [1.807, 2.05) is 24.3 Å². The van der Waals surface area contributed by atoms with Gasteiger partial charge in [0, 0.05) is 35.7 Å². The van der Waals surface area contributed by atoms with Crippen molar-refractivity contribution in [3.8, 4) is 5.75 Å². The van der Waals surface area contributed by atoms with Crippen molar-refractivity contribution >= 4 is 33.4 Å². The first-order chi connectivity index (χ1) is 11.5. The van der Waals surface area contributed by atoms with Crippen LogP contribution in [0.5, 0.6) is 5.75 Å². The maximum absolute atomic E-state index is 12.2. The quantitative estimate of drug-likeness (QED) is 0.823. The first-order valence-corrected chi connectivity index (χ1v) is 8.26. The van der Waals surface area contributed by atoms with Crippen LogP contribution in [0.4, 0.5) is 5.69 Å². The van der Waals surface area contributed by atoms with Crippen LogP contribution in [0.3, 0.4) is 0 Å². The summed E-state index contributed by atoms with van der Waals surface area (Å²) in [4.78, 5) is 25.7. The summed E-state index contributed by atoms with van der Waals surface area (Å²) in [5, 5.41) is 2.82. The number of hydrogen-bond acceptors (Lipinski definition) is 3. The third kappa shape index (κ3) is 4.83. The van der Waals surface area contributed by atoms with E-state index in [4.69, 9.17) is 4.74 Å². The fraction of sp³-hybridized carbons (Fsp3) is 0.222. The van der Waals surface area contributed by atoms with Crippen LogP contribution in [-0.4, -0.2) is 32.0 Å². The molecule has 0 fully saturated rings. The molecule has 5 nitrogen and oxygen atoms in total. The number of carbonyl (C=O) groups excluding carboxylic acids is 2. The number of nitrogens with zero attached hydrogens (tertiary/aromatic N) is 1. The second-order valence-electron chi connectivity index (χ2n) is 5.14. The zero-order valence-corrected chi connectivity index (χ0v) is 15.2. The van der Waals surface area contributed by atoms with E-state index in [0.29, 0.717) is 24.4 Å². The van der Waals surface area contributed by atoms with Crippen molar-refractivity contribution in [2.75, 3.05) is 25.1 Å². The second-order valence-corrected chi connectivity index (χ2v) is 6.05. The van der Waals surface area contributed by atoms with Gasteiger partial charge < -0.3 is 15.0 Å². The smallest absolute Gasteiger partial charge is 0.251 e. The number of halogens is 1. The number of rotatable bonds is 6. The van der Waals surface area contributed by atoms with Gasteiger partial charge in [-0.3, -0.25) is 9.59 Å². The molecule has 24 heavy (non-hydrogen) atoms. The predicted molar refractivity (Wildman–Crippen MR) is 97.5 cm³/mol. The minimum absolute atomic E-state index is 0.0799. The second kappa shape index (κ2) is 8.49. The number of ether oxygens (including phenoxy) is 1. The zero-order chi connectivity index (χ0) is 17.5. The molecule has 0 radical (unpaired) electrons. The molecule has 1 N–H and O–H groups in total. The summed E-state index contributed by atoms with van der Waals surface area (Å²) < 4.78 is 6.01. The average Bonchev–Trinajstić information content (AvgIpc) is 2.58. The average molecular weight is 391 g/mol. The third-order valence-electron chi connectivity index (χ3n) is 3.45. The Morgan fingerprint density at radius 1 is 1.17 bits per heavy atom. The number of carbonyl (C=O) groups is 2. The van der Waals surface area contributed by atoms with Gasteiger partial charge in [-0.2, -0.15) is 0 Å². The molecule has 2 rings (SSSR count). The Kier molecular flexibility index (Phi) is 6.37. The number of amides is 2. The standard InChI is InChI=1S/C18H19BrN2O3/c1-13(22)21(16-7-4-6-15(19)12-16)10-9-20-18(23)14-5-3-8-17(11-14)24-2/h3-8,11-12H,9-10H2,1-2H3,(H,20,23). The van der Waals surface area contributed by atoms with E-state index in [0.717, 1.165) is 10.2 Å². The molecule has 0 heterocycles. The molecule has 0 spiro atoms. The van der Waals surface area contributed by atoms with E-state index in [9.17, 15) is 9.59 Å². The van der Waals surface area contributed by atoms with Gasteiger partial charge in [0.25, 0.3) is 5.91 Å². The van der Waals surface area contributed by atoms with Crippen LogP contribution in [-0.2, 0) is 4.79 Å². The molecular formula is C18H19BrN2O3. The highest BCUT2D eigenvalue weighted by molar-refractivity contribution is 9.10. The van der Waals surface area contributed by atoms with E-state index in [1.165, 1.54) is 6.92 Å². The first-order valence-electron chi connectivity index (χ1n) is 7.47. The lowest BCUT2D eigenvalue weighted by Crippen LogP contribution is -2.37. The molecule has 0 atom stereocenters. The molecule has 0 bridgehead atoms. The Labute approximate surface area is 149 Å². The summed E-state index contributed by atoms with van der Waals surface area (Å²) in [6.45, 7) is 2.24. The lowest BCUT2D eigenvalue weighted by atomic mass is 10.2. The number of benzene rings is 2. The van der Waals surface area contributed by atoms with E-state index in [1.54, 1.807) is 36.3 Å². The van der Waals surface area contributed by atoms with Crippen molar-refractivity contribution in [1.82, 2.24) is 5.32 Å². The van der Waals surface area contributed by atoms with E-state index < -0.39 is 0 Å². The molecule has 0 unspecified atom stereocenters. The number of methoxy groups -OCH3 is 1. The van der Waals surface area contributed by atoms with Crippen LogP contribution in [0.15, 0.2) is 53.0 Å². The Morgan fingerprint density at radius 2 is 1.92 bits per heavy atom. The maximum atomic E-state index is 12.2. The zero-order valence-electron chi connectivity index (χ0n) is 13.6. The summed E-state index contributed by atoms with van der Waals surface area (Å²) in [5.74, 6) is 0.345. The monoisotopic (exact) mass is 390 g/mol. The van der Waals surface area contributed by atoms with Crippen LogP contribution < -0.4 is 15.0 Å². The fourth-order valence-corrected chi connectivity index (χ4v) is 2.65. The van der Waals surface area contributed by atoms with Gasteiger partial charge in [0.2, 0.25) is 5.91 Å². The fourth-order valence-electron chi connectivity index (χ4n) is 2.26. The minimum atomic E-state index is -0.202. The summed E-state index contributed by atoms with van der Waals surface area (Å²) in [6.07, 6.45) is 0. The summed E-state index contributed by atoms with van der Waals surface area (Å²) in [5.41, 5.74) is 1.30. The van der Waals surface area contributed by atoms with Crippen LogP contribution in [0, 0.1) is 0 Å². The van der Waals surface area contributed by atoms with Crippen LogP contribution in [0.2, 0.25) is 0 Å². The highest BCUT2D eigenvalue weighted by atomic mass is 79.9. The molecule has 0 aliphatic carbocycles. The first kappa shape index (κ1) is 18.0. The number of hydrogen-bond donors (Lipinski definition) is 1. The molecule has 2 aromatic rings. The molecule has 0 saturated carbocycles. The van der Waals surface area contributed by atoms with E-state index in [2.05, 4.69) is 21.2 Å². The topological polar surface area (TPSA) is 58.6 Å². The Hall–Kier alpha value is -2.34. The summed E-state index contributed by atoms with van der Waals surface area (Å²) in [7, 11) is 1.56. The van der Waals surface area contributed by atoms with Gasteiger partial charge in [0.15, 0.2) is 0 Å². The van der Waals surface area contributed by atoms with Crippen LogP contribution in [0.1, 0.15) is 17.3 Å². The van der Waals surface area contributed by atoms with Crippen molar-refractivity contribution in [2.24, 2.45) is 0 Å². The van der Waals surface area contributed by atoms with Gasteiger partial charge in [0.1, 0.15) is 5.75 Å². The van der Waals surface area contributed by atoms with Crippen molar-refractivity contribution < 1.29 is 14.3 Å². The van der Waals surface area contributed by atoms with Gasteiger partial charge >= 0.3 is 0 Å². The SMILES string of the molecule is COc1cccc(C(=O)NCCN(C(C)=O)c2cccc(Br)c2)c1. The molecule has 2 amide bonds. The lowest BCUT2D eigenvalue weighted by molar-refractivity contribution is -0.116. The maximum Gasteiger partial charge on any atom is 0.251 e. The van der Waals surface area contributed by atoms with Crippen LogP contribution in [0.25, 0.3) is 0 Å². The van der Waals surface area contributed by atoms with E-state index >= 15 is 0 Å².